The Bertz CT molecular complexity index is 1160. The standard InChI is InChI=1S/C25H24FN5O2/c1-16-9-19-13-30(14-21(16)31(19)22-6-5-17(10-27)12-29-22)23(32)15-33-25(7-8-25)20-4-2-3-18(11-28)24(20)26/h2-6,12,16,19,21H,7-9,13-15H2,1H3/t16-,19?,21?/m0/s1. The molecule has 2 bridgehead atoms. The van der Waals surface area contributed by atoms with Gasteiger partial charge in [0.1, 0.15) is 30.4 Å². The van der Waals surface area contributed by atoms with E-state index in [1.165, 1.54) is 6.07 Å². The van der Waals surface area contributed by atoms with Crippen LogP contribution in [-0.2, 0) is 15.1 Å². The van der Waals surface area contributed by atoms with Crippen LogP contribution in [0.25, 0.3) is 0 Å². The minimum absolute atomic E-state index is 0.00759. The molecule has 1 aliphatic carbocycles. The van der Waals surface area contributed by atoms with E-state index in [4.69, 9.17) is 15.3 Å². The Hall–Kier alpha value is -3.49. The molecule has 3 heterocycles. The van der Waals surface area contributed by atoms with Crippen molar-refractivity contribution in [3.05, 3.63) is 59.0 Å². The summed E-state index contributed by atoms with van der Waals surface area (Å²) in [6.07, 6.45) is 3.81. The number of nitrogens with zero attached hydrogens (tertiary/aromatic N) is 5. The predicted octanol–water partition coefficient (Wildman–Crippen LogP) is 3.10. The van der Waals surface area contributed by atoms with Gasteiger partial charge < -0.3 is 14.5 Å². The van der Waals surface area contributed by atoms with Gasteiger partial charge >= 0.3 is 0 Å². The Morgan fingerprint density at radius 1 is 1.24 bits per heavy atom. The molecule has 2 aromatic rings. The highest BCUT2D eigenvalue weighted by atomic mass is 19.1. The number of aromatic nitrogens is 1. The first-order valence-electron chi connectivity index (χ1n) is 11.2. The monoisotopic (exact) mass is 445 g/mol. The average Bonchev–Trinajstić information content (AvgIpc) is 3.59. The maximum atomic E-state index is 14.7. The van der Waals surface area contributed by atoms with Gasteiger partial charge in [0.05, 0.1) is 22.8 Å². The van der Waals surface area contributed by atoms with Gasteiger partial charge in [-0.25, -0.2) is 9.37 Å². The molecule has 3 fully saturated rings. The van der Waals surface area contributed by atoms with Gasteiger partial charge in [-0.05, 0) is 43.4 Å². The molecule has 1 aromatic carbocycles. The smallest absolute Gasteiger partial charge is 0.248 e. The van der Waals surface area contributed by atoms with Gasteiger partial charge in [-0.1, -0.05) is 19.1 Å². The van der Waals surface area contributed by atoms with Crippen molar-refractivity contribution in [1.82, 2.24) is 9.88 Å². The van der Waals surface area contributed by atoms with Crippen molar-refractivity contribution in [2.75, 3.05) is 24.6 Å². The number of carbonyl (C=O) groups excluding carboxylic acids is 1. The summed E-state index contributed by atoms with van der Waals surface area (Å²) < 4.78 is 20.6. The molecular formula is C25H24FN5O2. The van der Waals surface area contributed by atoms with Crippen LogP contribution >= 0.6 is 0 Å². The highest BCUT2D eigenvalue weighted by Gasteiger charge is 2.50. The minimum atomic E-state index is -0.812. The summed E-state index contributed by atoms with van der Waals surface area (Å²) in [5.74, 6) is 0.584. The minimum Gasteiger partial charge on any atom is -0.360 e. The lowest BCUT2D eigenvalue weighted by Gasteiger charge is -2.42. The molecular weight excluding hydrogens is 421 g/mol. The van der Waals surface area contributed by atoms with Crippen molar-refractivity contribution in [3.8, 4) is 12.1 Å². The molecule has 8 heteroatoms. The first-order chi connectivity index (χ1) is 16.0. The van der Waals surface area contributed by atoms with Gasteiger partial charge in [-0.15, -0.1) is 0 Å². The van der Waals surface area contributed by atoms with Crippen molar-refractivity contribution in [1.29, 1.82) is 10.5 Å². The Balaban J connectivity index is 1.26. The molecule has 5 rings (SSSR count). The zero-order valence-corrected chi connectivity index (χ0v) is 18.4. The second kappa shape index (κ2) is 8.13. The average molecular weight is 445 g/mol. The zero-order chi connectivity index (χ0) is 23.2. The van der Waals surface area contributed by atoms with E-state index in [0.717, 1.165) is 12.2 Å². The fraction of sp³-hybridized carbons (Fsp3) is 0.440. The molecule has 7 nitrogen and oxygen atoms in total. The number of likely N-dealkylation sites (tertiary alicyclic amines) is 1. The first-order valence-corrected chi connectivity index (χ1v) is 11.2. The third-order valence-corrected chi connectivity index (χ3v) is 7.17. The number of hydrogen-bond donors (Lipinski definition) is 0. The van der Waals surface area contributed by atoms with E-state index in [9.17, 15) is 9.18 Å². The van der Waals surface area contributed by atoms with Gasteiger partial charge in [0, 0.05) is 30.9 Å². The molecule has 2 saturated heterocycles. The van der Waals surface area contributed by atoms with Gasteiger partial charge in [0.25, 0.3) is 0 Å². The number of halogens is 1. The van der Waals surface area contributed by atoms with E-state index in [1.54, 1.807) is 24.4 Å². The number of carbonyl (C=O) groups is 1. The van der Waals surface area contributed by atoms with E-state index in [0.29, 0.717) is 43.0 Å². The summed E-state index contributed by atoms with van der Waals surface area (Å²) in [7, 11) is 0. The molecule has 0 radical (unpaired) electrons. The van der Waals surface area contributed by atoms with Crippen LogP contribution < -0.4 is 4.90 Å². The third kappa shape index (κ3) is 3.71. The quantitative estimate of drug-likeness (QED) is 0.702. The topological polar surface area (TPSA) is 93.2 Å². The van der Waals surface area contributed by atoms with Gasteiger partial charge in [-0.2, -0.15) is 10.5 Å². The normalized spacial score (nSPS) is 24.8. The number of fused-ring (bicyclic) bond motifs is 2. The molecule has 1 aromatic heterocycles. The summed E-state index contributed by atoms with van der Waals surface area (Å²) >= 11 is 0. The molecule has 2 unspecified atom stereocenters. The van der Waals surface area contributed by atoms with Crippen molar-refractivity contribution in [3.63, 3.8) is 0 Å². The molecule has 1 saturated carbocycles. The predicted molar refractivity (Wildman–Crippen MR) is 117 cm³/mol. The van der Waals surface area contributed by atoms with Crippen LogP contribution in [0.5, 0.6) is 0 Å². The summed E-state index contributed by atoms with van der Waals surface area (Å²) in [5.41, 5.74) is 0.0648. The van der Waals surface area contributed by atoms with Gasteiger partial charge in [0.2, 0.25) is 5.91 Å². The van der Waals surface area contributed by atoms with Crippen LogP contribution in [0.1, 0.15) is 42.9 Å². The number of hydrogen-bond acceptors (Lipinski definition) is 6. The summed E-state index contributed by atoms with van der Waals surface area (Å²) in [6.45, 7) is 3.23. The summed E-state index contributed by atoms with van der Waals surface area (Å²) in [4.78, 5) is 21.6. The molecule has 33 heavy (non-hydrogen) atoms. The molecule has 0 N–H and O–H groups in total. The number of amides is 1. The SMILES string of the molecule is C[C@H]1CC2CN(C(=O)COC3(c4cccc(C#N)c4F)CC3)CC1N2c1ccc(C#N)cn1. The summed E-state index contributed by atoms with van der Waals surface area (Å²) in [6, 6.07) is 12.6. The number of ether oxygens (including phenoxy) is 1. The third-order valence-electron chi connectivity index (χ3n) is 7.17. The largest absolute Gasteiger partial charge is 0.360 e. The number of benzene rings is 1. The van der Waals surface area contributed by atoms with Crippen LogP contribution in [0.2, 0.25) is 0 Å². The Labute approximate surface area is 192 Å². The Morgan fingerprint density at radius 2 is 2.06 bits per heavy atom. The van der Waals surface area contributed by atoms with Crippen LogP contribution in [-0.4, -0.2) is 47.6 Å². The second-order valence-electron chi connectivity index (χ2n) is 9.22. The molecule has 2 aliphatic heterocycles. The van der Waals surface area contributed by atoms with E-state index < -0.39 is 11.4 Å². The van der Waals surface area contributed by atoms with Crippen molar-refractivity contribution in [2.24, 2.45) is 5.92 Å². The van der Waals surface area contributed by atoms with Crippen molar-refractivity contribution >= 4 is 11.7 Å². The molecule has 1 amide bonds. The Morgan fingerprint density at radius 3 is 2.70 bits per heavy atom. The highest BCUT2D eigenvalue weighted by Crippen LogP contribution is 2.50. The Kier molecular flexibility index (Phi) is 5.26. The van der Waals surface area contributed by atoms with Crippen LogP contribution in [0.15, 0.2) is 36.5 Å². The highest BCUT2D eigenvalue weighted by molar-refractivity contribution is 5.78. The lowest BCUT2D eigenvalue weighted by molar-refractivity contribution is -0.140. The zero-order valence-electron chi connectivity index (χ0n) is 18.4. The fourth-order valence-electron chi connectivity index (χ4n) is 5.26. The van der Waals surface area contributed by atoms with Crippen LogP contribution in [0.3, 0.4) is 0 Å². The molecule has 168 valence electrons. The first kappa shape index (κ1) is 21.4. The van der Waals surface area contributed by atoms with E-state index in [-0.39, 0.29) is 30.2 Å². The maximum Gasteiger partial charge on any atom is 0.248 e. The number of nitriles is 2. The van der Waals surface area contributed by atoms with Gasteiger partial charge in [-0.3, -0.25) is 4.79 Å². The maximum absolute atomic E-state index is 14.7. The van der Waals surface area contributed by atoms with E-state index in [2.05, 4.69) is 22.9 Å². The second-order valence-corrected chi connectivity index (χ2v) is 9.22. The lowest BCUT2D eigenvalue weighted by Crippen LogP contribution is -2.57. The number of anilines is 1. The van der Waals surface area contributed by atoms with Crippen LogP contribution in [0, 0.1) is 34.4 Å². The van der Waals surface area contributed by atoms with Crippen LogP contribution in [0.4, 0.5) is 10.2 Å². The number of piperazine rings is 1. The summed E-state index contributed by atoms with van der Waals surface area (Å²) in [5, 5.41) is 18.1. The lowest BCUT2D eigenvalue weighted by atomic mass is 10.0. The van der Waals surface area contributed by atoms with Gasteiger partial charge in [0.15, 0.2) is 0 Å². The molecule has 0 spiro atoms. The van der Waals surface area contributed by atoms with Crippen molar-refractivity contribution < 1.29 is 13.9 Å². The van der Waals surface area contributed by atoms with E-state index >= 15 is 0 Å². The molecule has 3 aliphatic rings. The fourth-order valence-corrected chi connectivity index (χ4v) is 5.26. The van der Waals surface area contributed by atoms with Crippen molar-refractivity contribution in [2.45, 2.75) is 43.9 Å². The van der Waals surface area contributed by atoms with E-state index in [1.807, 2.05) is 17.0 Å². The molecule has 3 atom stereocenters. The number of pyridine rings is 1. The number of rotatable bonds is 5.